The number of amides is 1. The summed E-state index contributed by atoms with van der Waals surface area (Å²) in [4.78, 5) is 13.4. The predicted octanol–water partition coefficient (Wildman–Crippen LogP) is 2.20. The largest absolute Gasteiger partial charge is 0.351 e. The molecular weight excluding hydrogens is 194 g/mol. The molecule has 0 saturated heterocycles. The molecule has 0 atom stereocenters. The van der Waals surface area contributed by atoms with Crippen LogP contribution in [0.1, 0.15) is 27.4 Å². The zero-order valence-corrected chi connectivity index (χ0v) is 8.99. The fourth-order valence-electron chi connectivity index (χ4n) is 1.04. The Balaban J connectivity index is 2.33. The van der Waals surface area contributed by atoms with Crippen LogP contribution in [0.25, 0.3) is 0 Å². The van der Waals surface area contributed by atoms with E-state index in [1.165, 1.54) is 11.3 Å². The zero-order chi connectivity index (χ0) is 10.4. The van der Waals surface area contributed by atoms with Gasteiger partial charge in [0, 0.05) is 17.8 Å². The molecular formula is C11H13NOS. The normalized spacial score (nSPS) is 9.43. The van der Waals surface area contributed by atoms with Crippen LogP contribution >= 0.6 is 11.3 Å². The topological polar surface area (TPSA) is 29.1 Å². The molecule has 14 heavy (non-hydrogen) atoms. The SMILES string of the molecule is C#CCCCNC(=O)c1ccc(C)s1. The number of nitrogens with one attached hydrogen (secondary N) is 1. The number of carbonyl (C=O) groups excluding carboxylic acids is 1. The minimum atomic E-state index is 0.000112. The maximum absolute atomic E-state index is 11.5. The van der Waals surface area contributed by atoms with Crippen molar-refractivity contribution >= 4 is 17.2 Å². The summed E-state index contributed by atoms with van der Waals surface area (Å²) in [5.74, 6) is 2.54. The number of hydrogen-bond donors (Lipinski definition) is 1. The third kappa shape index (κ3) is 3.23. The molecule has 0 spiro atoms. The Morgan fingerprint density at radius 3 is 3.00 bits per heavy atom. The van der Waals surface area contributed by atoms with Crippen LogP contribution < -0.4 is 5.32 Å². The molecule has 0 bridgehead atoms. The molecule has 3 heteroatoms. The number of carbonyl (C=O) groups is 1. The van der Waals surface area contributed by atoms with E-state index >= 15 is 0 Å². The van der Waals surface area contributed by atoms with E-state index in [9.17, 15) is 4.79 Å². The molecule has 1 aromatic heterocycles. The highest BCUT2D eigenvalue weighted by Gasteiger charge is 2.05. The molecule has 1 rings (SSSR count). The van der Waals surface area contributed by atoms with Crippen molar-refractivity contribution in [2.75, 3.05) is 6.54 Å². The summed E-state index contributed by atoms with van der Waals surface area (Å²) in [7, 11) is 0. The van der Waals surface area contributed by atoms with Gasteiger partial charge in [0.15, 0.2) is 0 Å². The number of rotatable bonds is 4. The summed E-state index contributed by atoms with van der Waals surface area (Å²) in [5, 5.41) is 2.82. The van der Waals surface area contributed by atoms with Crippen LogP contribution in [0.15, 0.2) is 12.1 Å². The van der Waals surface area contributed by atoms with Gasteiger partial charge in [-0.3, -0.25) is 4.79 Å². The maximum atomic E-state index is 11.5. The Morgan fingerprint density at radius 1 is 1.64 bits per heavy atom. The Labute approximate surface area is 88.3 Å². The molecule has 0 saturated carbocycles. The summed E-state index contributed by atoms with van der Waals surface area (Å²) < 4.78 is 0. The first kappa shape index (κ1) is 10.8. The molecule has 1 aromatic rings. The van der Waals surface area contributed by atoms with Gasteiger partial charge in [-0.1, -0.05) is 0 Å². The Hall–Kier alpha value is -1.27. The molecule has 0 radical (unpaired) electrons. The third-order valence-electron chi connectivity index (χ3n) is 1.75. The first-order chi connectivity index (χ1) is 6.74. The zero-order valence-electron chi connectivity index (χ0n) is 8.17. The quantitative estimate of drug-likeness (QED) is 0.595. The second kappa shape index (κ2) is 5.46. The first-order valence-electron chi connectivity index (χ1n) is 4.52. The van der Waals surface area contributed by atoms with E-state index in [-0.39, 0.29) is 5.91 Å². The summed E-state index contributed by atoms with van der Waals surface area (Å²) in [6, 6.07) is 3.79. The molecule has 0 aromatic carbocycles. The second-order valence-electron chi connectivity index (χ2n) is 2.97. The van der Waals surface area contributed by atoms with Gasteiger partial charge in [-0.2, -0.15) is 0 Å². The van der Waals surface area contributed by atoms with Gasteiger partial charge in [0.2, 0.25) is 0 Å². The molecule has 2 nitrogen and oxygen atoms in total. The lowest BCUT2D eigenvalue weighted by atomic mass is 10.3. The smallest absolute Gasteiger partial charge is 0.261 e. The summed E-state index contributed by atoms with van der Waals surface area (Å²) in [6.45, 7) is 2.64. The molecule has 0 unspecified atom stereocenters. The summed E-state index contributed by atoms with van der Waals surface area (Å²) in [6.07, 6.45) is 6.65. The van der Waals surface area contributed by atoms with Crippen LogP contribution in [0.4, 0.5) is 0 Å². The van der Waals surface area contributed by atoms with Gasteiger partial charge in [0.05, 0.1) is 4.88 Å². The van der Waals surface area contributed by atoms with Gasteiger partial charge < -0.3 is 5.32 Å². The van der Waals surface area contributed by atoms with Crippen molar-refractivity contribution in [2.24, 2.45) is 0 Å². The van der Waals surface area contributed by atoms with Gasteiger partial charge >= 0.3 is 0 Å². The van der Waals surface area contributed by atoms with Crippen LogP contribution in [-0.4, -0.2) is 12.5 Å². The molecule has 1 N–H and O–H groups in total. The molecule has 1 heterocycles. The Kier molecular flexibility index (Phi) is 4.21. The highest BCUT2D eigenvalue weighted by Crippen LogP contribution is 2.14. The highest BCUT2D eigenvalue weighted by molar-refractivity contribution is 7.13. The molecule has 1 amide bonds. The minimum absolute atomic E-state index is 0.000112. The van der Waals surface area contributed by atoms with Crippen molar-refractivity contribution in [2.45, 2.75) is 19.8 Å². The number of hydrogen-bond acceptors (Lipinski definition) is 2. The first-order valence-corrected chi connectivity index (χ1v) is 5.34. The summed E-state index contributed by atoms with van der Waals surface area (Å²) >= 11 is 1.51. The second-order valence-corrected chi connectivity index (χ2v) is 4.26. The summed E-state index contributed by atoms with van der Waals surface area (Å²) in [5.41, 5.74) is 0. The fraction of sp³-hybridized carbons (Fsp3) is 0.364. The van der Waals surface area contributed by atoms with Gasteiger partial charge in [0.25, 0.3) is 5.91 Å². The van der Waals surface area contributed by atoms with Crippen molar-refractivity contribution in [1.82, 2.24) is 5.32 Å². The van der Waals surface area contributed by atoms with Crippen LogP contribution in [0.5, 0.6) is 0 Å². The van der Waals surface area contributed by atoms with E-state index in [2.05, 4.69) is 11.2 Å². The van der Waals surface area contributed by atoms with E-state index in [0.717, 1.165) is 16.2 Å². The van der Waals surface area contributed by atoms with E-state index in [1.54, 1.807) is 0 Å². The molecule has 0 aliphatic rings. The van der Waals surface area contributed by atoms with Gasteiger partial charge in [-0.15, -0.1) is 23.7 Å². The van der Waals surface area contributed by atoms with Crippen LogP contribution in [0, 0.1) is 19.3 Å². The molecule has 74 valence electrons. The standard InChI is InChI=1S/C11H13NOS/c1-3-4-5-8-12-11(13)10-7-6-9(2)14-10/h1,6-7H,4-5,8H2,2H3,(H,12,13). The molecule has 0 fully saturated rings. The van der Waals surface area contributed by atoms with Crippen molar-refractivity contribution in [1.29, 1.82) is 0 Å². The van der Waals surface area contributed by atoms with Gasteiger partial charge in [0.1, 0.15) is 0 Å². The van der Waals surface area contributed by atoms with E-state index in [4.69, 9.17) is 6.42 Å². The monoisotopic (exact) mass is 207 g/mol. The molecule has 0 aliphatic heterocycles. The van der Waals surface area contributed by atoms with Crippen LogP contribution in [0.3, 0.4) is 0 Å². The Bertz CT molecular complexity index is 348. The van der Waals surface area contributed by atoms with Crippen molar-refractivity contribution in [3.63, 3.8) is 0 Å². The van der Waals surface area contributed by atoms with Crippen LogP contribution in [0.2, 0.25) is 0 Å². The molecule has 0 aliphatic carbocycles. The van der Waals surface area contributed by atoms with E-state index in [1.807, 2.05) is 19.1 Å². The number of unbranched alkanes of at least 4 members (excludes halogenated alkanes) is 1. The number of thiophene rings is 1. The van der Waals surface area contributed by atoms with Crippen molar-refractivity contribution < 1.29 is 4.79 Å². The van der Waals surface area contributed by atoms with E-state index in [0.29, 0.717) is 13.0 Å². The van der Waals surface area contributed by atoms with Crippen molar-refractivity contribution in [3.8, 4) is 12.3 Å². The minimum Gasteiger partial charge on any atom is -0.351 e. The average Bonchev–Trinajstić information content (AvgIpc) is 2.59. The number of terminal acetylenes is 1. The average molecular weight is 207 g/mol. The maximum Gasteiger partial charge on any atom is 0.261 e. The van der Waals surface area contributed by atoms with Crippen LogP contribution in [-0.2, 0) is 0 Å². The highest BCUT2D eigenvalue weighted by atomic mass is 32.1. The van der Waals surface area contributed by atoms with Crippen molar-refractivity contribution in [3.05, 3.63) is 21.9 Å². The lowest BCUT2D eigenvalue weighted by Crippen LogP contribution is -2.23. The lowest BCUT2D eigenvalue weighted by Gasteiger charge is -2.00. The van der Waals surface area contributed by atoms with Gasteiger partial charge in [-0.25, -0.2) is 0 Å². The van der Waals surface area contributed by atoms with Gasteiger partial charge in [-0.05, 0) is 25.5 Å². The number of aryl methyl sites for hydroxylation is 1. The predicted molar refractivity (Wildman–Crippen MR) is 59.5 cm³/mol. The third-order valence-corrected chi connectivity index (χ3v) is 2.75. The lowest BCUT2D eigenvalue weighted by molar-refractivity contribution is 0.0957. The Morgan fingerprint density at radius 2 is 2.43 bits per heavy atom. The fourth-order valence-corrected chi connectivity index (χ4v) is 1.82. The van der Waals surface area contributed by atoms with E-state index < -0.39 is 0 Å².